The summed E-state index contributed by atoms with van der Waals surface area (Å²) in [6.45, 7) is 4.65. The predicted molar refractivity (Wildman–Crippen MR) is 106 cm³/mol. The molecule has 0 saturated carbocycles. The van der Waals surface area contributed by atoms with Crippen LogP contribution in [0.25, 0.3) is 0 Å². The molecule has 0 aliphatic carbocycles. The summed E-state index contributed by atoms with van der Waals surface area (Å²) in [5.41, 5.74) is 2.26. The number of fused-ring (bicyclic) bond motifs is 1. The molecule has 0 amide bonds. The molecule has 6 heteroatoms. The van der Waals surface area contributed by atoms with E-state index in [0.717, 1.165) is 31.6 Å². The maximum atomic E-state index is 11.8. The van der Waals surface area contributed by atoms with Gasteiger partial charge >= 0.3 is 11.9 Å². The summed E-state index contributed by atoms with van der Waals surface area (Å²) in [4.78, 5) is 27.8. The van der Waals surface area contributed by atoms with Crippen molar-refractivity contribution in [3.05, 3.63) is 47.3 Å². The molecule has 2 aliphatic rings. The van der Waals surface area contributed by atoms with Gasteiger partial charge in [0.25, 0.3) is 0 Å². The second-order valence-electron chi connectivity index (χ2n) is 7.37. The summed E-state index contributed by atoms with van der Waals surface area (Å²) in [6.07, 6.45) is 6.66. The Kier molecular flexibility index (Phi) is 7.34. The van der Waals surface area contributed by atoms with Gasteiger partial charge < -0.3 is 19.3 Å². The average molecular weight is 386 g/mol. The Labute approximate surface area is 167 Å². The van der Waals surface area contributed by atoms with E-state index in [2.05, 4.69) is 32.7 Å². The highest BCUT2D eigenvalue weighted by Crippen LogP contribution is 2.25. The Morgan fingerprint density at radius 3 is 2.43 bits per heavy atom. The normalized spacial score (nSPS) is 15.8. The van der Waals surface area contributed by atoms with Crippen molar-refractivity contribution < 1.29 is 19.1 Å². The zero-order chi connectivity index (χ0) is 19.8. The second kappa shape index (κ2) is 10.2. The van der Waals surface area contributed by atoms with E-state index in [1.54, 1.807) is 0 Å². The first kappa shape index (κ1) is 20.2. The van der Waals surface area contributed by atoms with Crippen molar-refractivity contribution >= 4 is 11.9 Å². The van der Waals surface area contributed by atoms with E-state index in [1.165, 1.54) is 31.5 Å². The topological polar surface area (TPSA) is 59.1 Å². The van der Waals surface area contributed by atoms with Crippen molar-refractivity contribution in [3.63, 3.8) is 0 Å². The minimum atomic E-state index is -0.241. The maximum absolute atomic E-state index is 11.8. The molecule has 1 aromatic rings. The van der Waals surface area contributed by atoms with E-state index in [1.807, 2.05) is 12.1 Å². The monoisotopic (exact) mass is 386 g/mol. The smallest absolute Gasteiger partial charge is 0.306 e. The summed E-state index contributed by atoms with van der Waals surface area (Å²) < 4.78 is 9.90. The van der Waals surface area contributed by atoms with Gasteiger partial charge in [-0.1, -0.05) is 24.3 Å². The fraction of sp³-hybridized carbons (Fsp3) is 0.545. The average Bonchev–Trinajstić information content (AvgIpc) is 3.20. The Morgan fingerprint density at radius 2 is 1.68 bits per heavy atom. The van der Waals surface area contributed by atoms with E-state index in [4.69, 9.17) is 4.74 Å². The Bertz CT molecular complexity index is 699. The lowest BCUT2D eigenvalue weighted by atomic mass is 10.1. The molecule has 1 saturated heterocycles. The molecular formula is C22H30N2O4. The second-order valence-corrected chi connectivity index (χ2v) is 7.37. The molecule has 0 radical (unpaired) electrons. The number of carbonyl (C=O) groups excluding carboxylic acids is 2. The number of benzene rings is 1. The largest absolute Gasteiger partial charge is 0.469 e. The Hall–Kier alpha value is -2.50. The van der Waals surface area contributed by atoms with Gasteiger partial charge in [0.1, 0.15) is 12.4 Å². The quantitative estimate of drug-likeness (QED) is 0.480. The van der Waals surface area contributed by atoms with E-state index < -0.39 is 0 Å². The molecule has 0 aromatic heterocycles. The number of nitrogens with zero attached hydrogens (tertiary/aromatic N) is 2. The van der Waals surface area contributed by atoms with Gasteiger partial charge in [-0.3, -0.25) is 9.59 Å². The number of methoxy groups -OCH3 is 1. The number of carbonyl (C=O) groups is 2. The van der Waals surface area contributed by atoms with Crippen LogP contribution in [0.15, 0.2) is 36.2 Å². The standard InChI is InChI=1S/C22H30N2O4/c1-27-21(25)7-2-3-8-22(26)28-17-19-11-9-18(10-12-19)16-24-15-5-14-23-13-4-6-20(23)24/h6,9-12H,2-5,7-8,13-17H2,1H3. The van der Waals surface area contributed by atoms with E-state index in [9.17, 15) is 9.59 Å². The van der Waals surface area contributed by atoms with Gasteiger partial charge in [-0.05, 0) is 42.9 Å². The molecule has 1 fully saturated rings. The molecule has 2 heterocycles. The summed E-state index contributed by atoms with van der Waals surface area (Å²) >= 11 is 0. The van der Waals surface area contributed by atoms with Crippen molar-refractivity contribution in [3.8, 4) is 0 Å². The lowest BCUT2D eigenvalue weighted by Crippen LogP contribution is -2.39. The van der Waals surface area contributed by atoms with Crippen LogP contribution < -0.4 is 0 Å². The summed E-state index contributed by atoms with van der Waals surface area (Å²) in [6, 6.07) is 8.30. The number of hydrogen-bond acceptors (Lipinski definition) is 6. The number of hydrogen-bond donors (Lipinski definition) is 0. The fourth-order valence-corrected chi connectivity index (χ4v) is 3.71. The van der Waals surface area contributed by atoms with Crippen molar-refractivity contribution in [1.82, 2.24) is 9.80 Å². The number of ether oxygens (including phenoxy) is 2. The summed E-state index contributed by atoms with van der Waals surface area (Å²) in [5, 5.41) is 0. The maximum Gasteiger partial charge on any atom is 0.306 e. The van der Waals surface area contributed by atoms with Crippen LogP contribution >= 0.6 is 0 Å². The molecule has 152 valence electrons. The van der Waals surface area contributed by atoms with Crippen molar-refractivity contribution in [1.29, 1.82) is 0 Å². The van der Waals surface area contributed by atoms with Crippen LogP contribution in [-0.4, -0.2) is 48.5 Å². The molecular weight excluding hydrogens is 356 g/mol. The van der Waals surface area contributed by atoms with Gasteiger partial charge in [0.15, 0.2) is 0 Å². The molecule has 0 atom stereocenters. The van der Waals surface area contributed by atoms with Crippen LogP contribution in [-0.2, 0) is 32.2 Å². The van der Waals surface area contributed by atoms with E-state index in [0.29, 0.717) is 32.3 Å². The highest BCUT2D eigenvalue weighted by atomic mass is 16.5. The van der Waals surface area contributed by atoms with Gasteiger partial charge in [0.05, 0.1) is 7.11 Å². The zero-order valence-corrected chi connectivity index (χ0v) is 16.7. The van der Waals surface area contributed by atoms with Crippen molar-refractivity contribution in [2.75, 3.05) is 26.7 Å². The van der Waals surface area contributed by atoms with Gasteiger partial charge in [0.2, 0.25) is 0 Å². The van der Waals surface area contributed by atoms with Crippen LogP contribution in [0.5, 0.6) is 0 Å². The molecule has 2 aliphatic heterocycles. The van der Waals surface area contributed by atoms with Crippen LogP contribution in [0.2, 0.25) is 0 Å². The predicted octanol–water partition coefficient (Wildman–Crippen LogP) is 3.22. The molecule has 3 rings (SSSR count). The van der Waals surface area contributed by atoms with Crippen LogP contribution in [0.3, 0.4) is 0 Å². The zero-order valence-electron chi connectivity index (χ0n) is 16.7. The molecule has 0 spiro atoms. The van der Waals surface area contributed by atoms with Crippen LogP contribution in [0, 0.1) is 0 Å². The van der Waals surface area contributed by atoms with Crippen LogP contribution in [0.4, 0.5) is 0 Å². The number of rotatable bonds is 9. The first-order valence-corrected chi connectivity index (χ1v) is 10.2. The fourth-order valence-electron chi connectivity index (χ4n) is 3.71. The minimum Gasteiger partial charge on any atom is -0.469 e. The Balaban J connectivity index is 1.38. The molecule has 1 aromatic carbocycles. The Morgan fingerprint density at radius 1 is 0.964 bits per heavy atom. The highest BCUT2D eigenvalue weighted by Gasteiger charge is 2.24. The highest BCUT2D eigenvalue weighted by molar-refractivity contribution is 5.70. The lowest BCUT2D eigenvalue weighted by molar-refractivity contribution is -0.145. The van der Waals surface area contributed by atoms with Gasteiger partial charge in [-0.15, -0.1) is 0 Å². The van der Waals surface area contributed by atoms with Gasteiger partial charge in [-0.25, -0.2) is 0 Å². The first-order valence-electron chi connectivity index (χ1n) is 10.2. The first-order chi connectivity index (χ1) is 13.7. The third-order valence-electron chi connectivity index (χ3n) is 5.27. The van der Waals surface area contributed by atoms with Crippen LogP contribution in [0.1, 0.15) is 49.7 Å². The molecule has 0 N–H and O–H groups in total. The molecule has 0 bridgehead atoms. The van der Waals surface area contributed by atoms with E-state index in [-0.39, 0.29) is 11.9 Å². The third kappa shape index (κ3) is 5.75. The third-order valence-corrected chi connectivity index (χ3v) is 5.27. The molecule has 28 heavy (non-hydrogen) atoms. The summed E-state index contributed by atoms with van der Waals surface area (Å²) in [5.74, 6) is 0.918. The number of unbranched alkanes of at least 4 members (excludes halogenated alkanes) is 1. The minimum absolute atomic E-state index is 0.226. The van der Waals surface area contributed by atoms with Crippen molar-refractivity contribution in [2.24, 2.45) is 0 Å². The SMILES string of the molecule is COC(=O)CCCCC(=O)OCc1ccc(CN2CCCN3CCC=C32)cc1. The van der Waals surface area contributed by atoms with Gasteiger partial charge in [0, 0.05) is 39.0 Å². The molecule has 6 nitrogen and oxygen atoms in total. The lowest BCUT2D eigenvalue weighted by Gasteiger charge is -2.38. The van der Waals surface area contributed by atoms with Crippen molar-refractivity contribution in [2.45, 2.75) is 51.7 Å². The molecule has 0 unspecified atom stereocenters. The van der Waals surface area contributed by atoms with Gasteiger partial charge in [-0.2, -0.15) is 0 Å². The summed E-state index contributed by atoms with van der Waals surface area (Å²) in [7, 11) is 1.37. The number of esters is 2. The van der Waals surface area contributed by atoms with E-state index >= 15 is 0 Å².